The molecule has 3 aromatic heterocycles. The molecule has 1 aromatic carbocycles. The monoisotopic (exact) mass is 481 g/mol. The minimum absolute atomic E-state index is 0.0385. The molecule has 6 nitrogen and oxygen atoms in total. The van der Waals surface area contributed by atoms with Crippen LogP contribution in [-0.4, -0.2) is 39.4 Å². The number of thiophene rings is 1. The van der Waals surface area contributed by atoms with Crippen LogP contribution in [0.1, 0.15) is 28.2 Å². The smallest absolute Gasteiger partial charge is 0.262 e. The van der Waals surface area contributed by atoms with E-state index >= 15 is 0 Å². The maximum absolute atomic E-state index is 13.0. The lowest BCUT2D eigenvalue weighted by Gasteiger charge is -2.09. The number of carbonyl (C=O) groups is 1. The molecule has 8 heteroatoms. The number of benzene rings is 1. The van der Waals surface area contributed by atoms with Crippen LogP contribution in [0.25, 0.3) is 20.7 Å². The Kier molecular flexibility index (Phi) is 7.17. The first kappa shape index (κ1) is 23.5. The Balaban J connectivity index is 1.55. The normalized spacial score (nSPS) is 11.4. The third kappa shape index (κ3) is 4.83. The second-order valence-corrected chi connectivity index (χ2v) is 9.92. The van der Waals surface area contributed by atoms with Gasteiger partial charge in [0.05, 0.1) is 11.1 Å². The van der Waals surface area contributed by atoms with Crippen LogP contribution >= 0.6 is 23.1 Å². The van der Waals surface area contributed by atoms with Crippen molar-refractivity contribution < 1.29 is 9.53 Å². The van der Waals surface area contributed by atoms with Gasteiger partial charge in [0.1, 0.15) is 4.83 Å². The zero-order chi connectivity index (χ0) is 23.5. The second kappa shape index (κ2) is 10.1. The van der Waals surface area contributed by atoms with Gasteiger partial charge in [-0.1, -0.05) is 42.1 Å². The number of methoxy groups -OCH3 is 1. The Bertz CT molecular complexity index is 1350. The number of hydrogen-bond acceptors (Lipinski definition) is 6. The summed E-state index contributed by atoms with van der Waals surface area (Å²) in [6.07, 6.45) is 0.896. The van der Waals surface area contributed by atoms with Gasteiger partial charge in [-0.2, -0.15) is 0 Å². The molecule has 0 amide bonds. The average Bonchev–Trinajstić information content (AvgIpc) is 3.37. The largest absolute Gasteiger partial charge is 0.385 e. The summed E-state index contributed by atoms with van der Waals surface area (Å²) in [4.78, 5) is 32.4. The number of rotatable bonds is 9. The zero-order valence-corrected chi connectivity index (χ0v) is 20.9. The van der Waals surface area contributed by atoms with Crippen molar-refractivity contribution in [1.29, 1.82) is 0 Å². The van der Waals surface area contributed by atoms with Crippen LogP contribution in [-0.2, 0) is 18.3 Å². The second-order valence-electron chi connectivity index (χ2n) is 7.95. The summed E-state index contributed by atoms with van der Waals surface area (Å²) in [7, 11) is 3.40. The molecule has 3 heterocycles. The summed E-state index contributed by atoms with van der Waals surface area (Å²) in [6.45, 7) is 5.51. The Morgan fingerprint density at radius 1 is 1.18 bits per heavy atom. The van der Waals surface area contributed by atoms with Crippen LogP contribution in [0.15, 0.2) is 52.4 Å². The van der Waals surface area contributed by atoms with Crippen molar-refractivity contribution in [2.45, 2.75) is 32.0 Å². The van der Waals surface area contributed by atoms with E-state index in [-0.39, 0.29) is 17.1 Å². The highest BCUT2D eigenvalue weighted by molar-refractivity contribution is 7.99. The average molecular weight is 482 g/mol. The van der Waals surface area contributed by atoms with Crippen molar-refractivity contribution in [2.75, 3.05) is 19.5 Å². The molecule has 0 aliphatic heterocycles. The van der Waals surface area contributed by atoms with E-state index in [2.05, 4.69) is 4.57 Å². The molecule has 4 aromatic rings. The van der Waals surface area contributed by atoms with E-state index in [1.54, 1.807) is 14.2 Å². The van der Waals surface area contributed by atoms with Gasteiger partial charge in [-0.25, -0.2) is 4.98 Å². The highest BCUT2D eigenvalue weighted by Crippen LogP contribution is 2.32. The van der Waals surface area contributed by atoms with E-state index < -0.39 is 0 Å². The van der Waals surface area contributed by atoms with Gasteiger partial charge in [-0.3, -0.25) is 14.2 Å². The fraction of sp³-hybridized carbons (Fsp3) is 0.320. The van der Waals surface area contributed by atoms with Gasteiger partial charge in [0.15, 0.2) is 10.9 Å². The topological polar surface area (TPSA) is 66.1 Å². The molecule has 0 spiro atoms. The van der Waals surface area contributed by atoms with Crippen molar-refractivity contribution in [3.63, 3.8) is 0 Å². The van der Waals surface area contributed by atoms with E-state index in [1.165, 1.54) is 27.7 Å². The van der Waals surface area contributed by atoms with Crippen LogP contribution in [0.4, 0.5) is 0 Å². The molecular formula is C25H27N3O3S2. The predicted molar refractivity (Wildman–Crippen MR) is 136 cm³/mol. The van der Waals surface area contributed by atoms with E-state index in [1.807, 2.05) is 56.3 Å². The number of ether oxygens (including phenoxy) is 1. The molecule has 0 unspecified atom stereocenters. The molecule has 0 saturated carbocycles. The molecule has 0 N–H and O–H groups in total. The van der Waals surface area contributed by atoms with Crippen molar-refractivity contribution in [3.05, 3.63) is 69.8 Å². The zero-order valence-electron chi connectivity index (χ0n) is 19.3. The highest BCUT2D eigenvalue weighted by atomic mass is 32.2. The summed E-state index contributed by atoms with van der Waals surface area (Å²) in [5.74, 6) is 0.266. The number of fused-ring (bicyclic) bond motifs is 1. The summed E-state index contributed by atoms with van der Waals surface area (Å²) >= 11 is 2.81. The fourth-order valence-electron chi connectivity index (χ4n) is 3.92. The highest BCUT2D eigenvalue weighted by Gasteiger charge is 2.18. The molecule has 0 saturated heterocycles. The van der Waals surface area contributed by atoms with E-state index in [4.69, 9.17) is 9.72 Å². The molecule has 33 heavy (non-hydrogen) atoms. The van der Waals surface area contributed by atoms with Gasteiger partial charge in [0.25, 0.3) is 5.56 Å². The molecular weight excluding hydrogens is 454 g/mol. The number of carbonyl (C=O) groups excluding carboxylic acids is 1. The lowest BCUT2D eigenvalue weighted by atomic mass is 10.2. The SMILES string of the molecule is COCCCn1c(C)cc(C(=O)CSc2nc3sc(-c4ccccc4)cc3c(=O)n2C)c1C. The van der Waals surface area contributed by atoms with Crippen molar-refractivity contribution in [1.82, 2.24) is 14.1 Å². The van der Waals surface area contributed by atoms with Crippen molar-refractivity contribution in [2.24, 2.45) is 7.05 Å². The van der Waals surface area contributed by atoms with Gasteiger partial charge in [0, 0.05) is 49.1 Å². The Morgan fingerprint density at radius 2 is 1.94 bits per heavy atom. The molecule has 4 rings (SSSR count). The molecule has 0 fully saturated rings. The maximum Gasteiger partial charge on any atom is 0.262 e. The quantitative estimate of drug-likeness (QED) is 0.144. The number of Topliss-reactive ketones (excluding diaryl/α,β-unsaturated/α-hetero) is 1. The summed E-state index contributed by atoms with van der Waals surface area (Å²) in [5, 5.41) is 1.16. The molecule has 0 aliphatic rings. The molecule has 0 atom stereocenters. The number of nitrogens with zero attached hydrogens (tertiary/aromatic N) is 3. The van der Waals surface area contributed by atoms with Crippen LogP contribution in [0.5, 0.6) is 0 Å². The summed E-state index contributed by atoms with van der Waals surface area (Å²) < 4.78 is 8.84. The Labute approximate surface area is 201 Å². The van der Waals surface area contributed by atoms with Crippen LogP contribution in [0.3, 0.4) is 0 Å². The lowest BCUT2D eigenvalue weighted by Crippen LogP contribution is -2.19. The van der Waals surface area contributed by atoms with Gasteiger partial charge >= 0.3 is 0 Å². The maximum atomic E-state index is 13.0. The Morgan fingerprint density at radius 3 is 2.67 bits per heavy atom. The summed E-state index contributed by atoms with van der Waals surface area (Å²) in [6, 6.07) is 13.8. The van der Waals surface area contributed by atoms with E-state index in [9.17, 15) is 9.59 Å². The molecule has 172 valence electrons. The number of hydrogen-bond donors (Lipinski definition) is 0. The minimum Gasteiger partial charge on any atom is -0.385 e. The first-order valence-corrected chi connectivity index (χ1v) is 12.6. The number of thioether (sulfide) groups is 1. The molecule has 0 aliphatic carbocycles. The predicted octanol–water partition coefficient (Wildman–Crippen LogP) is 5.09. The number of ketones is 1. The molecule has 0 bridgehead atoms. The van der Waals surface area contributed by atoms with E-state index in [0.717, 1.165) is 40.4 Å². The van der Waals surface area contributed by atoms with Crippen LogP contribution in [0.2, 0.25) is 0 Å². The third-order valence-corrected chi connectivity index (χ3v) is 7.83. The number of aryl methyl sites for hydroxylation is 1. The van der Waals surface area contributed by atoms with Crippen molar-refractivity contribution >= 4 is 39.1 Å². The van der Waals surface area contributed by atoms with Crippen LogP contribution < -0.4 is 5.56 Å². The first-order chi connectivity index (χ1) is 15.9. The van der Waals surface area contributed by atoms with Gasteiger partial charge in [0.2, 0.25) is 0 Å². The minimum atomic E-state index is -0.0929. The van der Waals surface area contributed by atoms with Crippen LogP contribution in [0, 0.1) is 13.8 Å². The number of aromatic nitrogens is 3. The third-order valence-electron chi connectivity index (χ3n) is 5.73. The fourth-order valence-corrected chi connectivity index (χ4v) is 5.86. The van der Waals surface area contributed by atoms with Gasteiger partial charge in [-0.15, -0.1) is 11.3 Å². The molecule has 0 radical (unpaired) electrons. The van der Waals surface area contributed by atoms with Gasteiger partial charge < -0.3 is 9.30 Å². The standard InChI is InChI=1S/C25H27N3O3S2/c1-16-13-19(17(2)28(16)11-8-12-31-4)21(29)15-32-25-26-23-20(24(30)27(25)3)14-22(33-23)18-9-6-5-7-10-18/h5-7,9-10,13-14H,8,11-12,15H2,1-4H3. The van der Waals surface area contributed by atoms with E-state index in [0.29, 0.717) is 22.0 Å². The van der Waals surface area contributed by atoms with Crippen molar-refractivity contribution in [3.8, 4) is 10.4 Å². The van der Waals surface area contributed by atoms with Gasteiger partial charge in [-0.05, 0) is 38.0 Å². The summed E-state index contributed by atoms with van der Waals surface area (Å²) in [5.41, 5.74) is 3.73. The Hall–Kier alpha value is -2.68. The first-order valence-electron chi connectivity index (χ1n) is 10.8. The lowest BCUT2D eigenvalue weighted by molar-refractivity contribution is 0.102.